The first-order valence-corrected chi connectivity index (χ1v) is 8.55. The second-order valence-electron chi connectivity index (χ2n) is 5.63. The van der Waals surface area contributed by atoms with Crippen molar-refractivity contribution in [2.24, 2.45) is 0 Å². The maximum absolute atomic E-state index is 4.27. The highest BCUT2D eigenvalue weighted by Crippen LogP contribution is 2.37. The lowest BCUT2D eigenvalue weighted by atomic mass is 9.93. The van der Waals surface area contributed by atoms with Gasteiger partial charge in [0.25, 0.3) is 0 Å². The Bertz CT molecular complexity index is 654. The van der Waals surface area contributed by atoms with E-state index in [-0.39, 0.29) is 0 Å². The standard InChI is InChI=1S/C21H24S/c1-5-9-16(2)14-18(4)21-15-20(13-12-17(21)3)22-19-10-7-6-8-11-19/h5-11,14-15H,4,12-13H2,1-3H3/b9-5-,16-14-. The van der Waals surface area contributed by atoms with Crippen LogP contribution in [-0.2, 0) is 0 Å². The fourth-order valence-corrected chi connectivity index (χ4v) is 3.53. The summed E-state index contributed by atoms with van der Waals surface area (Å²) in [6, 6.07) is 10.6. The minimum atomic E-state index is 1.11. The number of thioether (sulfide) groups is 1. The molecule has 0 unspecified atom stereocenters. The molecule has 0 saturated heterocycles. The van der Waals surface area contributed by atoms with E-state index in [1.807, 2.05) is 18.7 Å². The van der Waals surface area contributed by atoms with Crippen molar-refractivity contribution in [3.05, 3.63) is 88.4 Å². The molecule has 0 heterocycles. The molecule has 0 atom stereocenters. The van der Waals surface area contributed by atoms with Crippen LogP contribution < -0.4 is 0 Å². The first-order valence-electron chi connectivity index (χ1n) is 7.73. The number of allylic oxidation sites excluding steroid dienone is 9. The molecule has 1 heteroatoms. The lowest BCUT2D eigenvalue weighted by Crippen LogP contribution is -1.97. The number of rotatable bonds is 5. The Morgan fingerprint density at radius 2 is 1.91 bits per heavy atom. The molecule has 22 heavy (non-hydrogen) atoms. The Morgan fingerprint density at radius 3 is 2.59 bits per heavy atom. The normalized spacial score (nSPS) is 16.1. The molecule has 0 N–H and O–H groups in total. The van der Waals surface area contributed by atoms with E-state index in [0.717, 1.165) is 18.4 Å². The van der Waals surface area contributed by atoms with Crippen LogP contribution in [0.4, 0.5) is 0 Å². The van der Waals surface area contributed by atoms with E-state index in [1.165, 1.54) is 26.5 Å². The molecule has 0 aromatic heterocycles. The first kappa shape index (κ1) is 16.6. The zero-order valence-corrected chi connectivity index (χ0v) is 14.5. The molecule has 114 valence electrons. The van der Waals surface area contributed by atoms with Gasteiger partial charge in [-0.15, -0.1) is 0 Å². The number of benzene rings is 1. The second-order valence-corrected chi connectivity index (χ2v) is 6.83. The third kappa shape index (κ3) is 4.64. The topological polar surface area (TPSA) is 0 Å². The molecule has 1 aromatic carbocycles. The van der Waals surface area contributed by atoms with Crippen molar-refractivity contribution >= 4 is 11.8 Å². The zero-order chi connectivity index (χ0) is 15.9. The van der Waals surface area contributed by atoms with Crippen molar-refractivity contribution in [3.8, 4) is 0 Å². The molecule has 0 aliphatic heterocycles. The summed E-state index contributed by atoms with van der Waals surface area (Å²) >= 11 is 1.87. The van der Waals surface area contributed by atoms with Crippen molar-refractivity contribution < 1.29 is 0 Å². The van der Waals surface area contributed by atoms with Gasteiger partial charge in [-0.25, -0.2) is 0 Å². The molecule has 1 aliphatic carbocycles. The third-order valence-corrected chi connectivity index (χ3v) is 4.77. The summed E-state index contributed by atoms with van der Waals surface area (Å²) in [7, 11) is 0. The Morgan fingerprint density at radius 1 is 1.18 bits per heavy atom. The van der Waals surface area contributed by atoms with Crippen molar-refractivity contribution in [2.75, 3.05) is 0 Å². The fraction of sp³-hybridized carbons (Fsp3) is 0.238. The molecule has 0 spiro atoms. The van der Waals surface area contributed by atoms with E-state index in [2.05, 4.69) is 75.1 Å². The summed E-state index contributed by atoms with van der Waals surface area (Å²) in [4.78, 5) is 2.73. The van der Waals surface area contributed by atoms with Gasteiger partial charge in [-0.05, 0) is 67.9 Å². The van der Waals surface area contributed by atoms with Gasteiger partial charge in [0, 0.05) is 4.90 Å². The minimum Gasteiger partial charge on any atom is -0.0945 e. The van der Waals surface area contributed by atoms with Crippen LogP contribution in [0.15, 0.2) is 93.3 Å². The van der Waals surface area contributed by atoms with E-state index < -0.39 is 0 Å². The molecule has 0 saturated carbocycles. The molecular formula is C21H24S. The molecular weight excluding hydrogens is 284 g/mol. The highest BCUT2D eigenvalue weighted by atomic mass is 32.2. The van der Waals surface area contributed by atoms with Gasteiger partial charge in [-0.2, -0.15) is 0 Å². The van der Waals surface area contributed by atoms with Crippen molar-refractivity contribution in [1.29, 1.82) is 0 Å². The average Bonchev–Trinajstić information content (AvgIpc) is 2.50. The SMILES string of the molecule is C=C(/C=C(C)\C=C/C)C1=C(C)CCC(Sc2ccccc2)=C1. The summed E-state index contributed by atoms with van der Waals surface area (Å²) in [5.74, 6) is 0. The maximum atomic E-state index is 4.27. The van der Waals surface area contributed by atoms with Gasteiger partial charge in [0.05, 0.1) is 0 Å². The van der Waals surface area contributed by atoms with Crippen LogP contribution in [0.3, 0.4) is 0 Å². The Balaban J connectivity index is 2.19. The molecule has 0 amide bonds. The fourth-order valence-electron chi connectivity index (χ4n) is 2.55. The molecule has 0 nitrogen and oxygen atoms in total. The quantitative estimate of drug-likeness (QED) is 0.536. The summed E-state index contributed by atoms with van der Waals surface area (Å²) in [6.07, 6.45) is 10.9. The van der Waals surface area contributed by atoms with Crippen molar-refractivity contribution in [3.63, 3.8) is 0 Å². The van der Waals surface area contributed by atoms with Gasteiger partial charge in [-0.3, -0.25) is 0 Å². The average molecular weight is 308 g/mol. The van der Waals surface area contributed by atoms with Gasteiger partial charge in [0.2, 0.25) is 0 Å². The summed E-state index contributed by atoms with van der Waals surface area (Å²) < 4.78 is 0. The maximum Gasteiger partial charge on any atom is 0.0119 e. The molecule has 2 rings (SSSR count). The highest BCUT2D eigenvalue weighted by Gasteiger charge is 2.13. The van der Waals surface area contributed by atoms with Crippen LogP contribution in [0, 0.1) is 0 Å². The molecule has 0 radical (unpaired) electrons. The van der Waals surface area contributed by atoms with E-state index >= 15 is 0 Å². The van der Waals surface area contributed by atoms with E-state index in [1.54, 1.807) is 0 Å². The predicted molar refractivity (Wildman–Crippen MR) is 100 cm³/mol. The lowest BCUT2D eigenvalue weighted by molar-refractivity contribution is 0.933. The Hall–Kier alpha value is -1.73. The summed E-state index contributed by atoms with van der Waals surface area (Å²) in [6.45, 7) is 10.7. The van der Waals surface area contributed by atoms with Gasteiger partial charge in [-0.1, -0.05) is 65.9 Å². The Kier molecular flexibility index (Phi) is 6.09. The van der Waals surface area contributed by atoms with E-state index in [0.29, 0.717) is 0 Å². The van der Waals surface area contributed by atoms with Crippen LogP contribution in [0.5, 0.6) is 0 Å². The van der Waals surface area contributed by atoms with Crippen molar-refractivity contribution in [1.82, 2.24) is 0 Å². The number of hydrogen-bond donors (Lipinski definition) is 0. The zero-order valence-electron chi connectivity index (χ0n) is 13.7. The lowest BCUT2D eigenvalue weighted by Gasteiger charge is -2.18. The largest absolute Gasteiger partial charge is 0.0945 e. The van der Waals surface area contributed by atoms with Crippen LogP contribution in [-0.4, -0.2) is 0 Å². The first-order chi connectivity index (χ1) is 10.6. The van der Waals surface area contributed by atoms with Crippen LogP contribution in [0.1, 0.15) is 33.6 Å². The molecule has 0 bridgehead atoms. The molecule has 1 aromatic rings. The Labute approximate surface area is 139 Å². The van der Waals surface area contributed by atoms with Gasteiger partial charge >= 0.3 is 0 Å². The van der Waals surface area contributed by atoms with Gasteiger partial charge in [0.1, 0.15) is 0 Å². The van der Waals surface area contributed by atoms with Gasteiger partial charge < -0.3 is 0 Å². The second kappa shape index (κ2) is 8.05. The van der Waals surface area contributed by atoms with Crippen LogP contribution in [0.2, 0.25) is 0 Å². The van der Waals surface area contributed by atoms with Crippen LogP contribution >= 0.6 is 11.8 Å². The van der Waals surface area contributed by atoms with E-state index in [4.69, 9.17) is 0 Å². The van der Waals surface area contributed by atoms with E-state index in [9.17, 15) is 0 Å². The molecule has 0 fully saturated rings. The number of hydrogen-bond acceptors (Lipinski definition) is 1. The van der Waals surface area contributed by atoms with Crippen LogP contribution in [0.25, 0.3) is 0 Å². The smallest absolute Gasteiger partial charge is 0.0119 e. The summed E-state index contributed by atoms with van der Waals surface area (Å²) in [5.41, 5.74) is 5.09. The highest BCUT2D eigenvalue weighted by molar-refractivity contribution is 8.03. The van der Waals surface area contributed by atoms with Gasteiger partial charge in [0.15, 0.2) is 0 Å². The van der Waals surface area contributed by atoms with Crippen molar-refractivity contribution in [2.45, 2.75) is 38.5 Å². The third-order valence-electron chi connectivity index (χ3n) is 3.68. The minimum absolute atomic E-state index is 1.11. The predicted octanol–water partition coefficient (Wildman–Crippen LogP) is 6.85. The molecule has 1 aliphatic rings. The monoisotopic (exact) mass is 308 g/mol. The summed E-state index contributed by atoms with van der Waals surface area (Å²) in [5, 5.41) is 0.